The van der Waals surface area contributed by atoms with Crippen LogP contribution < -0.4 is 10.6 Å². The molecule has 0 aromatic heterocycles. The van der Waals surface area contributed by atoms with Crippen LogP contribution in [0.2, 0.25) is 0 Å². The molecule has 4 atom stereocenters. The second kappa shape index (κ2) is 10.0. The van der Waals surface area contributed by atoms with Crippen molar-refractivity contribution in [3.63, 3.8) is 0 Å². The van der Waals surface area contributed by atoms with Gasteiger partial charge in [-0.15, -0.1) is 0 Å². The van der Waals surface area contributed by atoms with Crippen molar-refractivity contribution >= 4 is 23.3 Å². The number of nitrogens with two attached hydrogens (primary N) is 1. The van der Waals surface area contributed by atoms with Crippen LogP contribution in [0.5, 0.6) is 0 Å². The number of carbonyl (C=O) groups is 3. The van der Waals surface area contributed by atoms with Crippen molar-refractivity contribution in [1.29, 1.82) is 0 Å². The lowest BCUT2D eigenvalue weighted by atomic mass is 9.78. The minimum absolute atomic E-state index is 0.0408. The summed E-state index contributed by atoms with van der Waals surface area (Å²) in [6.45, 7) is 16.8. The first-order valence-electron chi connectivity index (χ1n) is 13.5. The van der Waals surface area contributed by atoms with Crippen molar-refractivity contribution in [3.8, 4) is 0 Å². The van der Waals surface area contributed by atoms with E-state index in [0.29, 0.717) is 24.1 Å². The van der Waals surface area contributed by atoms with Crippen molar-refractivity contribution in [2.24, 2.45) is 22.5 Å². The number of benzene rings is 1. The highest BCUT2D eigenvalue weighted by molar-refractivity contribution is 5.99. The number of ether oxygens (including phenoxy) is 1. The highest BCUT2D eigenvalue weighted by Crippen LogP contribution is 2.44. The number of rotatable bonds is 5. The first kappa shape index (κ1) is 27.6. The zero-order valence-electron chi connectivity index (χ0n) is 23.5. The van der Waals surface area contributed by atoms with Crippen LogP contribution in [-0.2, 0) is 14.3 Å². The number of hydrogen-bond donors (Lipinski definition) is 1. The minimum atomic E-state index is -0.595. The molecule has 1 aromatic carbocycles. The molecule has 2 amide bonds. The normalized spacial score (nSPS) is 25.9. The second-order valence-electron chi connectivity index (χ2n) is 13.4. The predicted molar refractivity (Wildman–Crippen MR) is 145 cm³/mol. The number of piperazine rings is 1. The zero-order valence-corrected chi connectivity index (χ0v) is 23.5. The first-order valence-corrected chi connectivity index (χ1v) is 13.5. The van der Waals surface area contributed by atoms with E-state index in [-0.39, 0.29) is 41.1 Å². The molecule has 0 saturated carbocycles. The Morgan fingerprint density at radius 3 is 2.30 bits per heavy atom. The second-order valence-corrected chi connectivity index (χ2v) is 13.4. The number of anilines is 1. The van der Waals surface area contributed by atoms with Crippen molar-refractivity contribution in [1.82, 2.24) is 9.80 Å². The summed E-state index contributed by atoms with van der Waals surface area (Å²) < 4.78 is 5.94. The van der Waals surface area contributed by atoms with Crippen molar-refractivity contribution < 1.29 is 19.1 Å². The minimum Gasteiger partial charge on any atom is -0.369 e. The molecule has 8 nitrogen and oxygen atoms in total. The van der Waals surface area contributed by atoms with Gasteiger partial charge in [-0.2, -0.15) is 0 Å². The van der Waals surface area contributed by atoms with Gasteiger partial charge in [-0.3, -0.25) is 14.4 Å². The average molecular weight is 513 g/mol. The van der Waals surface area contributed by atoms with Crippen LogP contribution in [-0.4, -0.2) is 85.9 Å². The van der Waals surface area contributed by atoms with Crippen molar-refractivity contribution in [3.05, 3.63) is 29.3 Å². The van der Waals surface area contributed by atoms with Gasteiger partial charge < -0.3 is 25.2 Å². The molecule has 3 aliphatic rings. The molecular weight excluding hydrogens is 468 g/mol. The summed E-state index contributed by atoms with van der Waals surface area (Å²) in [5, 5.41) is 0. The molecule has 1 aromatic rings. The van der Waals surface area contributed by atoms with Gasteiger partial charge in [0, 0.05) is 49.9 Å². The molecule has 204 valence electrons. The molecule has 0 radical (unpaired) electrons. The Kier molecular flexibility index (Phi) is 7.47. The molecule has 0 spiro atoms. The number of likely N-dealkylation sites (tertiary alicyclic amines) is 1. The molecule has 0 bridgehead atoms. The number of ketones is 1. The van der Waals surface area contributed by atoms with Crippen LogP contribution in [0.4, 0.5) is 5.69 Å². The Balaban J connectivity index is 1.76. The van der Waals surface area contributed by atoms with E-state index < -0.39 is 17.9 Å². The number of likely N-dealkylation sites (N-methyl/N-ethyl adjacent to an activating group) is 1. The van der Waals surface area contributed by atoms with E-state index in [4.69, 9.17) is 10.5 Å². The van der Waals surface area contributed by atoms with E-state index in [9.17, 15) is 14.4 Å². The fourth-order valence-electron chi connectivity index (χ4n) is 6.12. The van der Waals surface area contributed by atoms with Gasteiger partial charge in [0.05, 0.1) is 12.0 Å². The third kappa shape index (κ3) is 5.70. The summed E-state index contributed by atoms with van der Waals surface area (Å²) in [7, 11) is 2.11. The van der Waals surface area contributed by atoms with Crippen LogP contribution >= 0.6 is 0 Å². The van der Waals surface area contributed by atoms with Crippen LogP contribution in [0.1, 0.15) is 69.8 Å². The van der Waals surface area contributed by atoms with Crippen LogP contribution in [0.3, 0.4) is 0 Å². The van der Waals surface area contributed by atoms with E-state index in [1.165, 1.54) is 0 Å². The molecule has 3 aliphatic heterocycles. The summed E-state index contributed by atoms with van der Waals surface area (Å²) in [6.07, 6.45) is 0.237. The SMILES string of the molecule is CN1CCN(c2ccc(C(N)=O)c([C@H](CC(C)(C)C)C(=O)N3C[C@@H](C(C)(C)C)[C@H]4OCC(=O)[C@H]43)c2)CC1. The van der Waals surface area contributed by atoms with Gasteiger partial charge in [0.2, 0.25) is 11.8 Å². The maximum absolute atomic E-state index is 14.4. The molecule has 2 N–H and O–H groups in total. The van der Waals surface area contributed by atoms with E-state index in [1.807, 2.05) is 12.1 Å². The third-order valence-electron chi connectivity index (χ3n) is 8.24. The van der Waals surface area contributed by atoms with Crippen LogP contribution in [0, 0.1) is 16.7 Å². The van der Waals surface area contributed by atoms with Gasteiger partial charge in [0.1, 0.15) is 12.6 Å². The number of fused-ring (bicyclic) bond motifs is 1. The summed E-state index contributed by atoms with van der Waals surface area (Å²) in [5.74, 6) is -1.24. The molecule has 3 saturated heterocycles. The standard InChI is InChI=1S/C29H44N4O4/c1-28(2,3)15-21(27(36)33-16-22(29(4,5)6)25-24(33)23(34)17-37-25)20-14-18(8-9-19(20)26(30)35)32-12-10-31(7)11-13-32/h8-9,14,21-22,24-25H,10-13,15-17H2,1-7H3,(H2,30,35)/t21-,22+,24+,25+/m0/s1. The van der Waals surface area contributed by atoms with E-state index in [0.717, 1.165) is 31.9 Å². The topological polar surface area (TPSA) is 96.2 Å². The fourth-order valence-corrected chi connectivity index (χ4v) is 6.12. The molecule has 0 unspecified atom stereocenters. The highest BCUT2D eigenvalue weighted by atomic mass is 16.5. The van der Waals surface area contributed by atoms with Gasteiger partial charge >= 0.3 is 0 Å². The summed E-state index contributed by atoms with van der Waals surface area (Å²) >= 11 is 0. The lowest BCUT2D eigenvalue weighted by molar-refractivity contribution is -0.138. The summed E-state index contributed by atoms with van der Waals surface area (Å²) in [5.41, 5.74) is 7.55. The number of hydrogen-bond acceptors (Lipinski definition) is 6. The monoisotopic (exact) mass is 512 g/mol. The molecule has 0 aliphatic carbocycles. The molecule has 3 fully saturated rings. The van der Waals surface area contributed by atoms with E-state index in [2.05, 4.69) is 58.4 Å². The Morgan fingerprint density at radius 2 is 1.73 bits per heavy atom. The fraction of sp³-hybridized carbons (Fsp3) is 0.690. The van der Waals surface area contributed by atoms with Crippen molar-refractivity contribution in [2.75, 3.05) is 51.3 Å². The quantitative estimate of drug-likeness (QED) is 0.652. The highest BCUT2D eigenvalue weighted by Gasteiger charge is 2.56. The van der Waals surface area contributed by atoms with Gasteiger partial charge in [0.15, 0.2) is 5.78 Å². The lowest BCUT2D eigenvalue weighted by Gasteiger charge is -2.36. The van der Waals surface area contributed by atoms with Crippen LogP contribution in [0.25, 0.3) is 0 Å². The number of primary amides is 1. The lowest BCUT2D eigenvalue weighted by Crippen LogP contribution is -2.45. The van der Waals surface area contributed by atoms with Crippen LogP contribution in [0.15, 0.2) is 18.2 Å². The first-order chi connectivity index (χ1) is 17.2. The Morgan fingerprint density at radius 1 is 1.08 bits per heavy atom. The largest absolute Gasteiger partial charge is 0.369 e. The third-order valence-corrected chi connectivity index (χ3v) is 8.24. The molecule has 37 heavy (non-hydrogen) atoms. The van der Waals surface area contributed by atoms with Gasteiger partial charge in [-0.1, -0.05) is 41.5 Å². The maximum atomic E-state index is 14.4. The summed E-state index contributed by atoms with van der Waals surface area (Å²) in [4.78, 5) is 46.3. The van der Waals surface area contributed by atoms with Gasteiger partial charge in [-0.25, -0.2) is 0 Å². The average Bonchev–Trinajstić information content (AvgIpc) is 3.37. The maximum Gasteiger partial charge on any atom is 0.249 e. The Hall–Kier alpha value is -2.45. The molecule has 8 heteroatoms. The summed E-state index contributed by atoms with van der Waals surface area (Å²) in [6, 6.07) is 5.12. The number of amides is 2. The van der Waals surface area contributed by atoms with Gasteiger partial charge in [0.25, 0.3) is 0 Å². The number of Topliss-reactive ketones (excluding diaryl/α,β-unsaturated/α-hetero) is 1. The van der Waals surface area contributed by atoms with E-state index >= 15 is 0 Å². The number of nitrogens with zero attached hydrogens (tertiary/aromatic N) is 3. The van der Waals surface area contributed by atoms with Gasteiger partial charge in [-0.05, 0) is 48.1 Å². The van der Waals surface area contributed by atoms with Crippen molar-refractivity contribution in [2.45, 2.75) is 66.0 Å². The zero-order chi connectivity index (χ0) is 27.3. The smallest absolute Gasteiger partial charge is 0.249 e. The van der Waals surface area contributed by atoms with E-state index in [1.54, 1.807) is 11.0 Å². The predicted octanol–water partition coefficient (Wildman–Crippen LogP) is 2.90. The number of carbonyl (C=O) groups excluding carboxylic acids is 3. The Labute approximate surface area is 221 Å². The Bertz CT molecular complexity index is 1050. The molecular formula is C29H44N4O4. The molecule has 3 heterocycles. The molecule has 4 rings (SSSR count).